The molecule has 2 fully saturated rings. The zero-order valence-electron chi connectivity index (χ0n) is 54.4. The molecule has 2 saturated heterocycles. The first-order valence-electron chi connectivity index (χ1n) is 36.3. The number of unbranched alkanes of at least 4 members (excludes halogenated alkanes) is 48. The number of ether oxygens (including phenoxy) is 4. The molecule has 12 atom stereocenters. The van der Waals surface area contributed by atoms with E-state index in [1.807, 2.05) is 0 Å². The van der Waals surface area contributed by atoms with Crippen LogP contribution in [0.5, 0.6) is 0 Å². The molecule has 0 saturated carbocycles. The topological polar surface area (TPSA) is 228 Å². The quantitative estimate of drug-likeness (QED) is 0.0259. The van der Waals surface area contributed by atoms with E-state index >= 15 is 0 Å². The molecule has 0 spiro atoms. The molecular formula is C70H137NO13. The second kappa shape index (κ2) is 56.0. The molecule has 0 radical (unpaired) electrons. The van der Waals surface area contributed by atoms with Gasteiger partial charge in [0, 0.05) is 6.42 Å². The number of hydrogen-bond acceptors (Lipinski definition) is 13. The van der Waals surface area contributed by atoms with E-state index in [1.54, 1.807) is 0 Å². The van der Waals surface area contributed by atoms with E-state index in [-0.39, 0.29) is 12.5 Å². The van der Waals surface area contributed by atoms with Crippen molar-refractivity contribution in [3.63, 3.8) is 0 Å². The molecule has 0 bridgehead atoms. The predicted octanol–water partition coefficient (Wildman–Crippen LogP) is 14.8. The number of nitrogens with one attached hydrogen (secondary N) is 1. The van der Waals surface area contributed by atoms with Crippen molar-refractivity contribution in [2.45, 2.75) is 421 Å². The summed E-state index contributed by atoms with van der Waals surface area (Å²) in [7, 11) is 0. The number of aliphatic hydroxyl groups is 8. The van der Waals surface area contributed by atoms with Gasteiger partial charge in [0.1, 0.15) is 48.8 Å². The van der Waals surface area contributed by atoms with Crippen molar-refractivity contribution >= 4 is 5.91 Å². The Bertz CT molecular complexity index is 1410. The van der Waals surface area contributed by atoms with Gasteiger partial charge in [-0.05, 0) is 12.8 Å². The van der Waals surface area contributed by atoms with Crippen molar-refractivity contribution in [3.05, 3.63) is 0 Å². The van der Waals surface area contributed by atoms with Crippen LogP contribution in [0.25, 0.3) is 0 Å². The Morgan fingerprint density at radius 3 is 1.01 bits per heavy atom. The molecule has 500 valence electrons. The number of aliphatic hydroxyl groups excluding tert-OH is 8. The molecule has 0 aromatic rings. The molecule has 84 heavy (non-hydrogen) atoms. The van der Waals surface area contributed by atoms with E-state index in [9.17, 15) is 45.6 Å². The van der Waals surface area contributed by atoms with Crippen molar-refractivity contribution in [2.24, 2.45) is 0 Å². The standard InChI is InChI=1S/C70H137NO13/c1-3-5-7-9-11-13-15-17-19-21-23-25-27-28-29-30-32-34-36-38-40-42-44-46-48-50-52-54-62(75)71-58(57-81-69-67(80)65(78)68(61(56-73)83-69)84-70-66(79)64(77)63(76)60(55-72)82-70)59(74)53-51-49-47-45-43-41-39-37-35-33-31-26-24-22-20-18-16-14-12-10-8-6-4-2/h58-61,63-70,72-74,76-80H,3-57H2,1-2H3,(H,71,75). The van der Waals surface area contributed by atoms with Gasteiger partial charge in [0.15, 0.2) is 12.6 Å². The summed E-state index contributed by atoms with van der Waals surface area (Å²) in [4.78, 5) is 13.4. The Kier molecular flexibility index (Phi) is 52.7. The Hall–Kier alpha value is -1.01. The summed E-state index contributed by atoms with van der Waals surface area (Å²) in [5.74, 6) is -0.196. The molecule has 2 heterocycles. The lowest BCUT2D eigenvalue weighted by Gasteiger charge is -2.46. The zero-order valence-corrected chi connectivity index (χ0v) is 54.4. The summed E-state index contributed by atoms with van der Waals surface area (Å²) in [6, 6.07) is -0.824. The van der Waals surface area contributed by atoms with Crippen LogP contribution in [-0.2, 0) is 23.7 Å². The fourth-order valence-corrected chi connectivity index (χ4v) is 12.5. The highest BCUT2D eigenvalue weighted by atomic mass is 16.7. The molecule has 0 aromatic heterocycles. The third-order valence-electron chi connectivity index (χ3n) is 18.3. The largest absolute Gasteiger partial charge is 0.394 e. The smallest absolute Gasteiger partial charge is 0.220 e. The average molecular weight is 1200 g/mol. The summed E-state index contributed by atoms with van der Waals surface area (Å²) in [5, 5.41) is 87.7. The van der Waals surface area contributed by atoms with E-state index in [0.29, 0.717) is 12.8 Å². The molecule has 12 unspecified atom stereocenters. The minimum Gasteiger partial charge on any atom is -0.394 e. The van der Waals surface area contributed by atoms with Crippen LogP contribution in [0, 0.1) is 0 Å². The van der Waals surface area contributed by atoms with Gasteiger partial charge in [-0.25, -0.2) is 0 Å². The van der Waals surface area contributed by atoms with Crippen LogP contribution in [0.4, 0.5) is 0 Å². The van der Waals surface area contributed by atoms with Crippen molar-refractivity contribution in [2.75, 3.05) is 19.8 Å². The molecule has 14 nitrogen and oxygen atoms in total. The molecule has 2 aliphatic heterocycles. The summed E-state index contributed by atoms with van der Waals surface area (Å²) < 4.78 is 22.9. The highest BCUT2D eigenvalue weighted by Gasteiger charge is 2.51. The summed E-state index contributed by atoms with van der Waals surface area (Å²) in [6.07, 6.45) is 49.8. The molecule has 2 rings (SSSR count). The van der Waals surface area contributed by atoms with Gasteiger partial charge in [0.05, 0.1) is 32.0 Å². The minimum absolute atomic E-state index is 0.196. The number of rotatable bonds is 61. The molecule has 1 amide bonds. The maximum Gasteiger partial charge on any atom is 0.220 e. The van der Waals surface area contributed by atoms with Crippen molar-refractivity contribution in [1.29, 1.82) is 0 Å². The lowest BCUT2D eigenvalue weighted by Crippen LogP contribution is -2.65. The van der Waals surface area contributed by atoms with Crippen molar-refractivity contribution in [3.8, 4) is 0 Å². The van der Waals surface area contributed by atoms with Crippen LogP contribution in [0.2, 0.25) is 0 Å². The SMILES string of the molecule is CCCCCCCCCCCCCCCCCCCCCCCCCCCCCC(=O)NC(COC1OC(CO)C(OC2OC(CO)C(O)C(O)C2O)C(O)C1O)C(O)CCCCCCCCCCCCCCCCCCCCCCCCC. The predicted molar refractivity (Wildman–Crippen MR) is 342 cm³/mol. The second-order valence-corrected chi connectivity index (χ2v) is 26.1. The molecule has 14 heteroatoms. The Labute approximate surface area is 514 Å². The van der Waals surface area contributed by atoms with Crippen LogP contribution in [-0.4, -0.2) is 140 Å². The van der Waals surface area contributed by atoms with Gasteiger partial charge in [-0.15, -0.1) is 0 Å². The number of amides is 1. The van der Waals surface area contributed by atoms with Gasteiger partial charge in [-0.1, -0.05) is 328 Å². The van der Waals surface area contributed by atoms with Crippen LogP contribution >= 0.6 is 0 Å². The highest BCUT2D eigenvalue weighted by Crippen LogP contribution is 2.30. The normalized spacial score (nSPS) is 23.5. The Balaban J connectivity index is 1.65. The Morgan fingerprint density at radius 1 is 0.381 bits per heavy atom. The van der Waals surface area contributed by atoms with E-state index < -0.39 is 86.8 Å². The van der Waals surface area contributed by atoms with Crippen molar-refractivity contribution < 1.29 is 64.6 Å². The maximum absolute atomic E-state index is 13.4. The molecule has 0 aliphatic carbocycles. The van der Waals surface area contributed by atoms with Gasteiger partial charge in [0.25, 0.3) is 0 Å². The van der Waals surface area contributed by atoms with Crippen molar-refractivity contribution in [1.82, 2.24) is 5.32 Å². The van der Waals surface area contributed by atoms with E-state index in [2.05, 4.69) is 19.2 Å². The Morgan fingerprint density at radius 2 is 0.679 bits per heavy atom. The highest BCUT2D eigenvalue weighted by molar-refractivity contribution is 5.76. The average Bonchev–Trinajstić information content (AvgIpc) is 3.62. The minimum atomic E-state index is -1.78. The molecular weight excluding hydrogens is 1060 g/mol. The lowest BCUT2D eigenvalue weighted by molar-refractivity contribution is -0.359. The van der Waals surface area contributed by atoms with Gasteiger partial charge in [-0.3, -0.25) is 4.79 Å². The molecule has 0 aromatic carbocycles. The first kappa shape index (κ1) is 79.1. The summed E-state index contributed by atoms with van der Waals surface area (Å²) in [6.45, 7) is 2.93. The zero-order chi connectivity index (χ0) is 60.9. The van der Waals surface area contributed by atoms with Crippen LogP contribution < -0.4 is 5.32 Å². The summed E-state index contributed by atoms with van der Waals surface area (Å²) >= 11 is 0. The van der Waals surface area contributed by atoms with Crippen LogP contribution in [0.1, 0.15) is 348 Å². The molecule has 2 aliphatic rings. The van der Waals surface area contributed by atoms with E-state index in [1.165, 1.54) is 270 Å². The van der Waals surface area contributed by atoms with Gasteiger partial charge >= 0.3 is 0 Å². The summed E-state index contributed by atoms with van der Waals surface area (Å²) in [5.41, 5.74) is 0. The lowest BCUT2D eigenvalue weighted by atomic mass is 9.97. The van der Waals surface area contributed by atoms with Crippen LogP contribution in [0.15, 0.2) is 0 Å². The third-order valence-corrected chi connectivity index (χ3v) is 18.3. The van der Waals surface area contributed by atoms with E-state index in [0.717, 1.165) is 51.4 Å². The van der Waals surface area contributed by atoms with Gasteiger partial charge in [0.2, 0.25) is 5.91 Å². The first-order valence-corrected chi connectivity index (χ1v) is 36.3. The van der Waals surface area contributed by atoms with Gasteiger partial charge in [-0.2, -0.15) is 0 Å². The monoisotopic (exact) mass is 1200 g/mol. The molecule has 9 N–H and O–H groups in total. The fraction of sp³-hybridized carbons (Fsp3) is 0.986. The maximum atomic E-state index is 13.4. The van der Waals surface area contributed by atoms with E-state index in [4.69, 9.17) is 18.9 Å². The number of carbonyl (C=O) groups is 1. The van der Waals surface area contributed by atoms with Crippen LogP contribution in [0.3, 0.4) is 0 Å². The second-order valence-electron chi connectivity index (χ2n) is 26.1. The van der Waals surface area contributed by atoms with Gasteiger partial charge < -0.3 is 65.1 Å². The third kappa shape index (κ3) is 39.9. The number of carbonyl (C=O) groups excluding carboxylic acids is 1. The number of hydrogen-bond donors (Lipinski definition) is 9. The first-order chi connectivity index (χ1) is 41.1. The fourth-order valence-electron chi connectivity index (χ4n) is 12.5.